The normalized spacial score (nSPS) is 33.6. The lowest BCUT2D eigenvalue weighted by Gasteiger charge is -2.43. The van der Waals surface area contributed by atoms with Crippen molar-refractivity contribution in [1.82, 2.24) is 4.90 Å². The summed E-state index contributed by atoms with van der Waals surface area (Å²) in [7, 11) is 2.36. The minimum atomic E-state index is 0.179. The minimum Gasteiger partial charge on any atom is -0.371 e. The van der Waals surface area contributed by atoms with E-state index in [2.05, 4.69) is 89.7 Å². The molecule has 0 amide bonds. The van der Waals surface area contributed by atoms with Gasteiger partial charge in [0.05, 0.1) is 0 Å². The molecule has 0 N–H and O–H groups in total. The second-order valence-corrected chi connectivity index (χ2v) is 7.98. The van der Waals surface area contributed by atoms with Crippen LogP contribution in [-0.4, -0.2) is 36.6 Å². The van der Waals surface area contributed by atoms with Crippen LogP contribution in [0.4, 0.5) is 5.69 Å². The molecule has 3 aliphatic rings. The molecule has 4 unspecified atom stereocenters. The van der Waals surface area contributed by atoms with Crippen molar-refractivity contribution in [3.8, 4) is 0 Å². The molecular weight excluding hydrogens is 304 g/mol. The average molecular weight is 330 g/mol. The van der Waals surface area contributed by atoms with Crippen molar-refractivity contribution in [3.05, 3.63) is 78.4 Å². The predicted octanol–water partition coefficient (Wildman–Crippen LogP) is 3.99. The first-order valence-corrected chi connectivity index (χ1v) is 9.52. The average Bonchev–Trinajstić information content (AvgIpc) is 3.13. The molecule has 3 aliphatic heterocycles. The van der Waals surface area contributed by atoms with Crippen molar-refractivity contribution in [3.63, 3.8) is 0 Å². The highest BCUT2D eigenvalue weighted by Gasteiger charge is 2.59. The van der Waals surface area contributed by atoms with Gasteiger partial charge in [-0.25, -0.2) is 0 Å². The summed E-state index contributed by atoms with van der Waals surface area (Å²) in [5.74, 6) is 1.48. The van der Waals surface area contributed by atoms with Crippen LogP contribution in [0.1, 0.15) is 12.0 Å². The van der Waals surface area contributed by atoms with Gasteiger partial charge in [-0.1, -0.05) is 60.7 Å². The zero-order valence-corrected chi connectivity index (χ0v) is 14.9. The number of rotatable bonds is 3. The Morgan fingerprint density at radius 2 is 1.68 bits per heavy atom. The van der Waals surface area contributed by atoms with Gasteiger partial charge in [-0.15, -0.1) is 0 Å². The number of benzene rings is 2. The quantitative estimate of drug-likeness (QED) is 0.785. The molecule has 3 heterocycles. The van der Waals surface area contributed by atoms with E-state index < -0.39 is 0 Å². The molecular formula is C23H26N2. The summed E-state index contributed by atoms with van der Waals surface area (Å²) in [6.07, 6.45) is 7.33. The smallest absolute Gasteiger partial charge is 0.0480 e. The predicted molar refractivity (Wildman–Crippen MR) is 104 cm³/mol. The van der Waals surface area contributed by atoms with Crippen LogP contribution in [0.3, 0.4) is 0 Å². The molecule has 2 aromatic carbocycles. The van der Waals surface area contributed by atoms with Crippen LogP contribution in [-0.2, 0) is 6.42 Å². The Hall–Kier alpha value is -2.06. The highest BCUT2D eigenvalue weighted by Crippen LogP contribution is 2.52. The zero-order valence-electron chi connectivity index (χ0n) is 14.9. The fraction of sp³-hybridized carbons (Fsp3) is 0.391. The van der Waals surface area contributed by atoms with Crippen LogP contribution in [0, 0.1) is 11.8 Å². The first-order valence-electron chi connectivity index (χ1n) is 9.52. The second kappa shape index (κ2) is 5.74. The van der Waals surface area contributed by atoms with E-state index in [0.717, 1.165) is 12.3 Å². The number of likely N-dealkylation sites (N-methyl/N-ethyl adjacent to an activating group) is 1. The molecule has 0 radical (unpaired) electrons. The summed E-state index contributed by atoms with van der Waals surface area (Å²) >= 11 is 0. The van der Waals surface area contributed by atoms with Gasteiger partial charge in [-0.05, 0) is 43.5 Å². The highest BCUT2D eigenvalue weighted by molar-refractivity contribution is 5.49. The van der Waals surface area contributed by atoms with Gasteiger partial charge in [0.15, 0.2) is 0 Å². The van der Waals surface area contributed by atoms with E-state index >= 15 is 0 Å². The fourth-order valence-electron chi connectivity index (χ4n) is 5.68. The number of hydrogen-bond acceptors (Lipinski definition) is 2. The Labute approximate surface area is 150 Å². The summed E-state index contributed by atoms with van der Waals surface area (Å²) in [6, 6.07) is 22.7. The Bertz CT molecular complexity index is 769. The molecule has 0 aliphatic carbocycles. The van der Waals surface area contributed by atoms with E-state index in [-0.39, 0.29) is 5.54 Å². The lowest BCUT2D eigenvalue weighted by molar-refractivity contribution is 0.140. The van der Waals surface area contributed by atoms with Crippen molar-refractivity contribution in [2.24, 2.45) is 11.8 Å². The second-order valence-electron chi connectivity index (χ2n) is 7.98. The van der Waals surface area contributed by atoms with E-state index in [1.165, 1.54) is 30.8 Å². The minimum absolute atomic E-state index is 0.179. The topological polar surface area (TPSA) is 6.48 Å². The molecule has 128 valence electrons. The molecule has 4 atom stereocenters. The number of fused-ring (bicyclic) bond motifs is 5. The molecule has 0 saturated carbocycles. The van der Waals surface area contributed by atoms with Gasteiger partial charge in [0.25, 0.3) is 0 Å². The van der Waals surface area contributed by atoms with Crippen LogP contribution < -0.4 is 4.90 Å². The van der Waals surface area contributed by atoms with Crippen molar-refractivity contribution < 1.29 is 0 Å². The van der Waals surface area contributed by atoms with E-state index in [1.807, 2.05) is 0 Å². The Morgan fingerprint density at radius 1 is 0.960 bits per heavy atom. The monoisotopic (exact) mass is 330 g/mol. The van der Waals surface area contributed by atoms with E-state index in [1.54, 1.807) is 0 Å². The van der Waals surface area contributed by atoms with E-state index in [0.29, 0.717) is 12.0 Å². The van der Waals surface area contributed by atoms with Crippen molar-refractivity contribution in [2.75, 3.05) is 25.0 Å². The summed E-state index contributed by atoms with van der Waals surface area (Å²) in [5, 5.41) is 0. The maximum absolute atomic E-state index is 2.71. The number of hydrogen-bond donors (Lipinski definition) is 0. The maximum Gasteiger partial charge on any atom is 0.0480 e. The molecule has 2 bridgehead atoms. The summed E-state index contributed by atoms with van der Waals surface area (Å²) in [6.45, 7) is 2.37. The lowest BCUT2D eigenvalue weighted by Crippen LogP contribution is -2.52. The van der Waals surface area contributed by atoms with Crippen molar-refractivity contribution in [2.45, 2.75) is 24.4 Å². The zero-order chi connectivity index (χ0) is 16.9. The maximum atomic E-state index is 2.71. The van der Waals surface area contributed by atoms with Crippen LogP contribution in [0.5, 0.6) is 0 Å². The van der Waals surface area contributed by atoms with E-state index in [9.17, 15) is 0 Å². The Kier molecular flexibility index (Phi) is 3.49. The van der Waals surface area contributed by atoms with Crippen molar-refractivity contribution in [1.29, 1.82) is 0 Å². The Morgan fingerprint density at radius 3 is 2.44 bits per heavy atom. The fourth-order valence-corrected chi connectivity index (χ4v) is 5.68. The Balaban J connectivity index is 1.49. The molecule has 2 saturated heterocycles. The molecule has 2 fully saturated rings. The molecule has 2 aromatic rings. The third kappa shape index (κ3) is 2.27. The first-order chi connectivity index (χ1) is 12.3. The van der Waals surface area contributed by atoms with Gasteiger partial charge in [0.2, 0.25) is 0 Å². The van der Waals surface area contributed by atoms with Crippen LogP contribution in [0.15, 0.2) is 72.8 Å². The standard InChI is InChI=1S/C23H26N2/c1-24-22-13-8-14-23(24,15-18-9-4-2-5-10-18)21-17-25(16-20(21)22)19-11-6-3-7-12-19/h2-12,14,20-22H,13,15-17H2,1H3. The molecule has 0 spiro atoms. The van der Waals surface area contributed by atoms with Crippen LogP contribution in [0.25, 0.3) is 0 Å². The SMILES string of the molecule is CN1C2CC=CC1(Cc1ccccc1)C1CN(c3ccccc3)CC21. The van der Waals surface area contributed by atoms with Gasteiger partial charge in [0.1, 0.15) is 0 Å². The molecule has 25 heavy (non-hydrogen) atoms. The molecule has 0 aromatic heterocycles. The first kappa shape index (κ1) is 15.2. The summed E-state index contributed by atoms with van der Waals surface area (Å²) in [5.41, 5.74) is 3.02. The third-order valence-electron chi connectivity index (χ3n) is 6.89. The van der Waals surface area contributed by atoms with Crippen LogP contribution in [0.2, 0.25) is 0 Å². The molecule has 2 nitrogen and oxygen atoms in total. The van der Waals surface area contributed by atoms with Gasteiger partial charge in [0, 0.05) is 36.3 Å². The van der Waals surface area contributed by atoms with Gasteiger partial charge in [-0.2, -0.15) is 0 Å². The summed E-state index contributed by atoms with van der Waals surface area (Å²) in [4.78, 5) is 5.33. The number of para-hydroxylation sites is 1. The van der Waals surface area contributed by atoms with Crippen LogP contribution >= 0.6 is 0 Å². The largest absolute Gasteiger partial charge is 0.371 e. The van der Waals surface area contributed by atoms with Gasteiger partial charge in [-0.3, -0.25) is 4.90 Å². The molecule has 2 heteroatoms. The summed E-state index contributed by atoms with van der Waals surface area (Å²) < 4.78 is 0. The van der Waals surface area contributed by atoms with Gasteiger partial charge >= 0.3 is 0 Å². The van der Waals surface area contributed by atoms with Gasteiger partial charge < -0.3 is 4.90 Å². The van der Waals surface area contributed by atoms with E-state index in [4.69, 9.17) is 0 Å². The van der Waals surface area contributed by atoms with Crippen molar-refractivity contribution >= 4 is 5.69 Å². The lowest BCUT2D eigenvalue weighted by atomic mass is 9.77. The number of nitrogens with zero attached hydrogens (tertiary/aromatic N) is 2. The highest BCUT2D eigenvalue weighted by atomic mass is 15.3. The molecule has 5 rings (SSSR count). The third-order valence-corrected chi connectivity index (χ3v) is 6.89. The number of anilines is 1.